The Bertz CT molecular complexity index is 614. The number of carboxylic acids is 1. The first-order valence-corrected chi connectivity index (χ1v) is 7.42. The number of carbonyl (C=O) groups excluding carboxylic acids is 1. The SMILES string of the molecule is O=C(O)C1CCCC2(CCN(c3cc(F)cc(F)c3)C2=O)C1. The Morgan fingerprint density at radius 2 is 1.91 bits per heavy atom. The molecule has 6 heteroatoms. The maximum atomic E-state index is 13.4. The number of hydrogen-bond donors (Lipinski definition) is 1. The van der Waals surface area contributed by atoms with Gasteiger partial charge < -0.3 is 10.0 Å². The third-order valence-corrected chi connectivity index (χ3v) is 4.87. The summed E-state index contributed by atoms with van der Waals surface area (Å²) in [4.78, 5) is 25.4. The molecule has 1 spiro atoms. The van der Waals surface area contributed by atoms with E-state index in [1.165, 1.54) is 4.90 Å². The Kier molecular flexibility index (Phi) is 3.62. The molecule has 3 rings (SSSR count). The Balaban J connectivity index is 1.86. The van der Waals surface area contributed by atoms with Gasteiger partial charge in [-0.15, -0.1) is 0 Å². The summed E-state index contributed by atoms with van der Waals surface area (Å²) in [5, 5.41) is 9.20. The van der Waals surface area contributed by atoms with Crippen molar-refractivity contribution in [2.45, 2.75) is 32.1 Å². The summed E-state index contributed by atoms with van der Waals surface area (Å²) in [6, 6.07) is 3.04. The lowest BCUT2D eigenvalue weighted by Crippen LogP contribution is -2.39. The van der Waals surface area contributed by atoms with E-state index in [0.29, 0.717) is 38.6 Å². The van der Waals surface area contributed by atoms with E-state index in [1.807, 2.05) is 0 Å². The minimum atomic E-state index is -0.873. The number of rotatable bonds is 2. The zero-order valence-corrected chi connectivity index (χ0v) is 12.0. The summed E-state index contributed by atoms with van der Waals surface area (Å²) < 4.78 is 26.7. The van der Waals surface area contributed by atoms with Crippen LogP contribution in [-0.2, 0) is 9.59 Å². The Labute approximate surface area is 126 Å². The third-order valence-electron chi connectivity index (χ3n) is 4.87. The summed E-state index contributed by atoms with van der Waals surface area (Å²) >= 11 is 0. The monoisotopic (exact) mass is 309 g/mol. The minimum absolute atomic E-state index is 0.205. The van der Waals surface area contributed by atoms with Gasteiger partial charge in [-0.25, -0.2) is 8.78 Å². The van der Waals surface area contributed by atoms with Crippen molar-refractivity contribution in [3.63, 3.8) is 0 Å². The molecule has 1 N–H and O–H groups in total. The van der Waals surface area contributed by atoms with Crippen molar-refractivity contribution in [2.75, 3.05) is 11.4 Å². The molecule has 1 aliphatic carbocycles. The summed E-state index contributed by atoms with van der Waals surface area (Å²) in [6.07, 6.45) is 2.76. The van der Waals surface area contributed by atoms with Crippen molar-refractivity contribution in [2.24, 2.45) is 11.3 Å². The molecule has 1 aromatic rings. The lowest BCUT2D eigenvalue weighted by Gasteiger charge is -2.34. The molecule has 0 aromatic heterocycles. The standard InChI is InChI=1S/C16H17F2NO3/c17-11-6-12(18)8-13(7-11)19-5-4-16(15(19)22)3-1-2-10(9-16)14(20)21/h6-8,10H,1-5,9H2,(H,20,21). The number of amides is 1. The van der Waals surface area contributed by atoms with Gasteiger partial charge in [0.15, 0.2) is 0 Å². The highest BCUT2D eigenvalue weighted by atomic mass is 19.1. The van der Waals surface area contributed by atoms with E-state index in [1.54, 1.807) is 0 Å². The molecule has 1 saturated carbocycles. The van der Waals surface area contributed by atoms with Crippen molar-refractivity contribution < 1.29 is 23.5 Å². The Morgan fingerprint density at radius 3 is 2.55 bits per heavy atom. The van der Waals surface area contributed by atoms with E-state index in [0.717, 1.165) is 18.2 Å². The van der Waals surface area contributed by atoms with Gasteiger partial charge in [-0.2, -0.15) is 0 Å². The molecule has 1 aromatic carbocycles. The Hall–Kier alpha value is -1.98. The van der Waals surface area contributed by atoms with E-state index < -0.39 is 28.9 Å². The van der Waals surface area contributed by atoms with Crippen molar-refractivity contribution in [1.82, 2.24) is 0 Å². The molecule has 4 nitrogen and oxygen atoms in total. The molecule has 0 bridgehead atoms. The number of hydrogen-bond acceptors (Lipinski definition) is 2. The predicted octanol–water partition coefficient (Wildman–Crippen LogP) is 2.96. The molecule has 118 valence electrons. The van der Waals surface area contributed by atoms with Crippen LogP contribution in [0.15, 0.2) is 18.2 Å². The molecule has 1 amide bonds. The second kappa shape index (κ2) is 5.34. The summed E-state index contributed by atoms with van der Waals surface area (Å²) in [5.74, 6) is -3.04. The van der Waals surface area contributed by atoms with Gasteiger partial charge in [-0.05, 0) is 37.8 Å². The molecular formula is C16H17F2NO3. The zero-order valence-electron chi connectivity index (χ0n) is 12.0. The highest BCUT2D eigenvalue weighted by Crippen LogP contribution is 2.48. The zero-order chi connectivity index (χ0) is 15.9. The maximum Gasteiger partial charge on any atom is 0.306 e. The molecule has 1 saturated heterocycles. The molecule has 0 radical (unpaired) electrons. The van der Waals surface area contributed by atoms with Crippen LogP contribution in [0.3, 0.4) is 0 Å². The topological polar surface area (TPSA) is 57.6 Å². The molecule has 1 heterocycles. The highest BCUT2D eigenvalue weighted by molar-refractivity contribution is 6.00. The predicted molar refractivity (Wildman–Crippen MR) is 75.4 cm³/mol. The first-order valence-electron chi connectivity index (χ1n) is 7.42. The van der Waals surface area contributed by atoms with E-state index in [9.17, 15) is 23.5 Å². The van der Waals surface area contributed by atoms with Crippen LogP contribution in [0.4, 0.5) is 14.5 Å². The number of carbonyl (C=O) groups is 2. The van der Waals surface area contributed by atoms with Gasteiger partial charge in [0, 0.05) is 18.3 Å². The number of nitrogens with zero attached hydrogens (tertiary/aromatic N) is 1. The minimum Gasteiger partial charge on any atom is -0.481 e. The second-order valence-electron chi connectivity index (χ2n) is 6.25. The summed E-state index contributed by atoms with van der Waals surface area (Å²) in [7, 11) is 0. The Morgan fingerprint density at radius 1 is 1.23 bits per heavy atom. The van der Waals surface area contributed by atoms with E-state index in [2.05, 4.69) is 0 Å². The average molecular weight is 309 g/mol. The van der Waals surface area contributed by atoms with Crippen LogP contribution in [0.5, 0.6) is 0 Å². The van der Waals surface area contributed by atoms with E-state index in [-0.39, 0.29) is 11.6 Å². The fraction of sp³-hybridized carbons (Fsp3) is 0.500. The van der Waals surface area contributed by atoms with Crippen LogP contribution < -0.4 is 4.90 Å². The van der Waals surface area contributed by atoms with Crippen molar-refractivity contribution in [3.8, 4) is 0 Å². The number of aliphatic carboxylic acids is 1. The van der Waals surface area contributed by atoms with Crippen LogP contribution >= 0.6 is 0 Å². The molecule has 2 fully saturated rings. The molecule has 2 aliphatic rings. The van der Waals surface area contributed by atoms with Crippen molar-refractivity contribution in [3.05, 3.63) is 29.8 Å². The van der Waals surface area contributed by atoms with Gasteiger partial charge in [0.05, 0.1) is 11.3 Å². The lowest BCUT2D eigenvalue weighted by molar-refractivity contribution is -0.145. The van der Waals surface area contributed by atoms with Gasteiger partial charge in [-0.3, -0.25) is 9.59 Å². The van der Waals surface area contributed by atoms with Gasteiger partial charge in [0.2, 0.25) is 5.91 Å². The van der Waals surface area contributed by atoms with Crippen molar-refractivity contribution >= 4 is 17.6 Å². The van der Waals surface area contributed by atoms with Gasteiger partial charge in [0.25, 0.3) is 0 Å². The molecular weight excluding hydrogens is 292 g/mol. The van der Waals surface area contributed by atoms with Gasteiger partial charge in [-0.1, -0.05) is 6.42 Å². The number of anilines is 1. The van der Waals surface area contributed by atoms with Crippen LogP contribution in [-0.4, -0.2) is 23.5 Å². The highest BCUT2D eigenvalue weighted by Gasteiger charge is 2.50. The van der Waals surface area contributed by atoms with E-state index in [4.69, 9.17) is 0 Å². The fourth-order valence-electron chi connectivity index (χ4n) is 3.76. The van der Waals surface area contributed by atoms with Crippen LogP contribution in [0.25, 0.3) is 0 Å². The normalized spacial score (nSPS) is 28.4. The van der Waals surface area contributed by atoms with E-state index >= 15 is 0 Å². The van der Waals surface area contributed by atoms with Crippen LogP contribution in [0, 0.1) is 23.0 Å². The third kappa shape index (κ3) is 2.46. The molecule has 2 atom stereocenters. The first-order chi connectivity index (χ1) is 10.4. The van der Waals surface area contributed by atoms with Crippen LogP contribution in [0.2, 0.25) is 0 Å². The smallest absolute Gasteiger partial charge is 0.306 e. The quantitative estimate of drug-likeness (QED) is 0.914. The molecule has 22 heavy (non-hydrogen) atoms. The molecule has 1 aliphatic heterocycles. The first kappa shape index (κ1) is 14.9. The van der Waals surface area contributed by atoms with Gasteiger partial charge >= 0.3 is 5.97 Å². The van der Waals surface area contributed by atoms with Gasteiger partial charge in [0.1, 0.15) is 11.6 Å². The second-order valence-corrected chi connectivity index (χ2v) is 6.25. The number of halogens is 2. The largest absolute Gasteiger partial charge is 0.481 e. The van der Waals surface area contributed by atoms with Crippen LogP contribution in [0.1, 0.15) is 32.1 Å². The maximum absolute atomic E-state index is 13.4. The summed E-state index contributed by atoms with van der Waals surface area (Å²) in [5.41, 5.74) is -0.485. The van der Waals surface area contributed by atoms with Crippen molar-refractivity contribution in [1.29, 1.82) is 0 Å². The fourth-order valence-corrected chi connectivity index (χ4v) is 3.76. The summed E-state index contributed by atoms with van der Waals surface area (Å²) in [6.45, 7) is 0.369. The molecule has 2 unspecified atom stereocenters. The lowest BCUT2D eigenvalue weighted by atomic mass is 9.68. The average Bonchev–Trinajstić information content (AvgIpc) is 2.75. The number of benzene rings is 1. The number of carboxylic acid groups (broad SMARTS) is 1.